The minimum absolute atomic E-state index is 0.0665. The molecular weight excluding hydrogens is 458 g/mol. The molecule has 0 atom stereocenters. The molecule has 2 amide bonds. The van der Waals surface area contributed by atoms with E-state index in [0.29, 0.717) is 17.1 Å². The number of sulfonamides is 1. The van der Waals surface area contributed by atoms with Crippen molar-refractivity contribution in [2.45, 2.75) is 25.3 Å². The summed E-state index contributed by atoms with van der Waals surface area (Å²) >= 11 is 0. The van der Waals surface area contributed by atoms with Crippen LogP contribution in [-0.2, 0) is 26.2 Å². The van der Waals surface area contributed by atoms with Crippen molar-refractivity contribution in [3.05, 3.63) is 66.0 Å². The van der Waals surface area contributed by atoms with Crippen molar-refractivity contribution < 1.29 is 22.7 Å². The highest BCUT2D eigenvalue weighted by Gasteiger charge is 2.23. The number of methoxy groups -OCH3 is 1. The lowest BCUT2D eigenvalue weighted by molar-refractivity contribution is -0.117. The van der Waals surface area contributed by atoms with E-state index >= 15 is 0 Å². The summed E-state index contributed by atoms with van der Waals surface area (Å²) in [5.74, 6) is -0.152. The Bertz CT molecular complexity index is 1290. The lowest BCUT2D eigenvalue weighted by Crippen LogP contribution is -2.35. The van der Waals surface area contributed by atoms with Gasteiger partial charge in [-0.15, -0.1) is 0 Å². The molecule has 1 aromatic heterocycles. The molecule has 0 bridgehead atoms. The molecule has 10 nitrogen and oxygen atoms in total. The maximum Gasteiger partial charge on any atom is 0.246 e. The van der Waals surface area contributed by atoms with E-state index in [4.69, 9.17) is 4.74 Å². The number of benzene rings is 2. The van der Waals surface area contributed by atoms with Gasteiger partial charge in [0, 0.05) is 18.9 Å². The number of anilines is 2. The Kier molecular flexibility index (Phi) is 7.69. The van der Waals surface area contributed by atoms with E-state index in [1.807, 2.05) is 13.8 Å². The molecule has 0 aliphatic carbocycles. The van der Waals surface area contributed by atoms with Crippen molar-refractivity contribution >= 4 is 33.2 Å². The van der Waals surface area contributed by atoms with Gasteiger partial charge in [0.05, 0.1) is 30.4 Å². The van der Waals surface area contributed by atoms with Crippen LogP contribution in [-0.4, -0.2) is 55.0 Å². The molecule has 3 rings (SSSR count). The molecule has 2 N–H and O–H groups in total. The Morgan fingerprint density at radius 3 is 2.32 bits per heavy atom. The van der Waals surface area contributed by atoms with Crippen molar-refractivity contribution in [2.24, 2.45) is 0 Å². The van der Waals surface area contributed by atoms with Gasteiger partial charge in [-0.25, -0.2) is 8.42 Å². The first-order valence-electron chi connectivity index (χ1n) is 10.4. The maximum atomic E-state index is 12.8. The lowest BCUT2D eigenvalue weighted by atomic mass is 10.1. The number of rotatable bonds is 9. The van der Waals surface area contributed by atoms with Crippen LogP contribution in [0, 0.1) is 13.8 Å². The van der Waals surface area contributed by atoms with Crippen molar-refractivity contribution in [3.8, 4) is 5.75 Å². The second kappa shape index (κ2) is 10.5. The smallest absolute Gasteiger partial charge is 0.246 e. The van der Waals surface area contributed by atoms with Gasteiger partial charge in [-0.3, -0.25) is 14.3 Å². The number of amides is 2. The second-order valence-electron chi connectivity index (χ2n) is 7.76. The minimum Gasteiger partial charge on any atom is -0.497 e. The summed E-state index contributed by atoms with van der Waals surface area (Å²) in [6.45, 7) is 3.28. The van der Waals surface area contributed by atoms with Gasteiger partial charge in [-0.05, 0) is 61.4 Å². The van der Waals surface area contributed by atoms with Gasteiger partial charge in [0.2, 0.25) is 21.8 Å². The summed E-state index contributed by atoms with van der Waals surface area (Å²) in [7, 11) is -0.916. The SMILES string of the molecule is COc1ccc(NC(=O)Cn2cc(NC(=O)CN(C)S(=O)(=O)c3ccc(C)c(C)c3)cn2)cc1. The number of hydrogen-bond acceptors (Lipinski definition) is 6. The van der Waals surface area contributed by atoms with E-state index in [9.17, 15) is 18.0 Å². The molecule has 0 aliphatic rings. The first-order valence-corrected chi connectivity index (χ1v) is 11.8. The highest BCUT2D eigenvalue weighted by molar-refractivity contribution is 7.89. The average molecular weight is 486 g/mol. The van der Waals surface area contributed by atoms with Crippen LogP contribution in [0.1, 0.15) is 11.1 Å². The third kappa shape index (κ3) is 6.21. The Morgan fingerprint density at radius 1 is 1.00 bits per heavy atom. The van der Waals surface area contributed by atoms with E-state index in [-0.39, 0.29) is 23.9 Å². The largest absolute Gasteiger partial charge is 0.497 e. The van der Waals surface area contributed by atoms with Gasteiger partial charge in [0.25, 0.3) is 0 Å². The van der Waals surface area contributed by atoms with E-state index in [2.05, 4.69) is 15.7 Å². The molecule has 180 valence electrons. The van der Waals surface area contributed by atoms with Gasteiger partial charge < -0.3 is 15.4 Å². The summed E-state index contributed by atoms with van der Waals surface area (Å²) < 4.78 is 33.0. The summed E-state index contributed by atoms with van der Waals surface area (Å²) in [6, 6.07) is 11.7. The predicted octanol–water partition coefficient (Wildman–Crippen LogP) is 2.41. The van der Waals surface area contributed by atoms with E-state index in [1.54, 1.807) is 43.5 Å². The van der Waals surface area contributed by atoms with Crippen LogP contribution in [0.15, 0.2) is 59.8 Å². The van der Waals surface area contributed by atoms with Crippen LogP contribution in [0.4, 0.5) is 11.4 Å². The topological polar surface area (TPSA) is 123 Å². The fourth-order valence-corrected chi connectivity index (χ4v) is 4.29. The molecule has 0 saturated heterocycles. The number of ether oxygens (including phenoxy) is 1. The molecule has 0 saturated carbocycles. The summed E-state index contributed by atoms with van der Waals surface area (Å²) in [4.78, 5) is 24.8. The Morgan fingerprint density at radius 2 is 1.68 bits per heavy atom. The number of carbonyl (C=O) groups excluding carboxylic acids is 2. The fourth-order valence-electron chi connectivity index (χ4n) is 3.08. The predicted molar refractivity (Wildman–Crippen MR) is 128 cm³/mol. The van der Waals surface area contributed by atoms with Gasteiger partial charge in [0.15, 0.2) is 0 Å². The zero-order chi connectivity index (χ0) is 24.9. The molecule has 0 aliphatic heterocycles. The Labute approximate surface area is 198 Å². The van der Waals surface area contributed by atoms with Crippen LogP contribution in [0.25, 0.3) is 0 Å². The average Bonchev–Trinajstić information content (AvgIpc) is 3.22. The second-order valence-corrected chi connectivity index (χ2v) is 9.80. The minimum atomic E-state index is -3.82. The summed E-state index contributed by atoms with van der Waals surface area (Å²) in [6.07, 6.45) is 2.87. The fraction of sp³-hybridized carbons (Fsp3) is 0.261. The molecule has 3 aromatic rings. The third-order valence-corrected chi connectivity index (χ3v) is 6.95. The zero-order valence-electron chi connectivity index (χ0n) is 19.4. The number of nitrogens with zero attached hydrogens (tertiary/aromatic N) is 3. The Hall–Kier alpha value is -3.70. The van der Waals surface area contributed by atoms with Crippen LogP contribution in [0.5, 0.6) is 5.75 Å². The van der Waals surface area contributed by atoms with Crippen molar-refractivity contribution in [3.63, 3.8) is 0 Å². The third-order valence-electron chi connectivity index (χ3n) is 5.15. The molecule has 0 radical (unpaired) electrons. The molecule has 1 heterocycles. The van der Waals surface area contributed by atoms with Crippen LogP contribution in [0.3, 0.4) is 0 Å². The normalized spacial score (nSPS) is 11.3. The van der Waals surface area contributed by atoms with Gasteiger partial charge >= 0.3 is 0 Å². The molecule has 0 spiro atoms. The lowest BCUT2D eigenvalue weighted by Gasteiger charge is -2.17. The van der Waals surface area contributed by atoms with E-state index < -0.39 is 15.9 Å². The standard InChI is InChI=1S/C23H27N5O5S/c1-16-5-10-21(11-17(16)2)34(31,32)27(3)14-22(29)26-19-12-24-28(13-19)15-23(30)25-18-6-8-20(33-4)9-7-18/h5-13H,14-15H2,1-4H3,(H,25,30)(H,26,29). The van der Waals surface area contributed by atoms with Crippen LogP contribution in [0.2, 0.25) is 0 Å². The zero-order valence-corrected chi connectivity index (χ0v) is 20.2. The van der Waals surface area contributed by atoms with Gasteiger partial charge in [-0.1, -0.05) is 6.07 Å². The van der Waals surface area contributed by atoms with Crippen molar-refractivity contribution in [2.75, 3.05) is 31.3 Å². The molecule has 0 fully saturated rings. The first-order chi connectivity index (χ1) is 16.1. The van der Waals surface area contributed by atoms with Crippen molar-refractivity contribution in [1.29, 1.82) is 0 Å². The molecule has 11 heteroatoms. The first kappa shape index (κ1) is 24.9. The summed E-state index contributed by atoms with van der Waals surface area (Å²) in [5.41, 5.74) is 2.79. The Balaban J connectivity index is 1.54. The van der Waals surface area contributed by atoms with Gasteiger partial charge in [0.1, 0.15) is 12.3 Å². The highest BCUT2D eigenvalue weighted by Crippen LogP contribution is 2.18. The highest BCUT2D eigenvalue weighted by atomic mass is 32.2. The van der Waals surface area contributed by atoms with Crippen molar-refractivity contribution in [1.82, 2.24) is 14.1 Å². The molecule has 34 heavy (non-hydrogen) atoms. The monoisotopic (exact) mass is 485 g/mol. The number of hydrogen-bond donors (Lipinski definition) is 2. The molecule has 2 aromatic carbocycles. The number of aromatic nitrogens is 2. The van der Waals surface area contributed by atoms with Crippen LogP contribution >= 0.6 is 0 Å². The number of likely N-dealkylation sites (N-methyl/N-ethyl adjacent to an activating group) is 1. The molecular formula is C23H27N5O5S. The number of carbonyl (C=O) groups is 2. The number of aryl methyl sites for hydroxylation is 2. The summed E-state index contributed by atoms with van der Waals surface area (Å²) in [5, 5.41) is 9.40. The quantitative estimate of drug-likeness (QED) is 0.480. The maximum absolute atomic E-state index is 12.8. The van der Waals surface area contributed by atoms with Gasteiger partial charge in [-0.2, -0.15) is 9.40 Å². The van der Waals surface area contributed by atoms with Crippen LogP contribution < -0.4 is 15.4 Å². The van der Waals surface area contributed by atoms with E-state index in [0.717, 1.165) is 15.4 Å². The van der Waals surface area contributed by atoms with E-state index in [1.165, 1.54) is 30.2 Å². The number of nitrogens with one attached hydrogen (secondary N) is 2. The molecule has 0 unspecified atom stereocenters.